The molecule has 0 aliphatic rings. The maximum atomic E-state index is 5.35. The van der Waals surface area contributed by atoms with Gasteiger partial charge in [-0.1, -0.05) is 29.5 Å². The van der Waals surface area contributed by atoms with Crippen molar-refractivity contribution in [1.82, 2.24) is 9.97 Å². The molecule has 2 aromatic rings. The first-order chi connectivity index (χ1) is 8.74. The van der Waals surface area contributed by atoms with Crippen molar-refractivity contribution < 1.29 is 4.74 Å². The van der Waals surface area contributed by atoms with Gasteiger partial charge in [0.15, 0.2) is 11.6 Å². The summed E-state index contributed by atoms with van der Waals surface area (Å²) in [6.07, 6.45) is 1.53. The summed E-state index contributed by atoms with van der Waals surface area (Å²) in [6.45, 7) is 2.07. The monoisotopic (exact) mass is 261 g/mol. The number of methoxy groups -OCH3 is 1. The lowest BCUT2D eigenvalue weighted by Crippen LogP contribution is -1.99. The van der Waals surface area contributed by atoms with Crippen LogP contribution in [0.2, 0.25) is 0 Å². The zero-order valence-electron chi connectivity index (χ0n) is 10.6. The highest BCUT2D eigenvalue weighted by Crippen LogP contribution is 2.36. The molecule has 0 saturated carbocycles. The average molecular weight is 261 g/mol. The highest BCUT2D eigenvalue weighted by atomic mass is 32.2. The fraction of sp³-hybridized carbons (Fsp3) is 0.231. The van der Waals surface area contributed by atoms with Crippen molar-refractivity contribution in [3.63, 3.8) is 0 Å². The van der Waals surface area contributed by atoms with Gasteiger partial charge in [-0.2, -0.15) is 0 Å². The van der Waals surface area contributed by atoms with Gasteiger partial charge >= 0.3 is 0 Å². The average Bonchev–Trinajstić information content (AvgIpc) is 2.41. The van der Waals surface area contributed by atoms with Crippen LogP contribution in [0.15, 0.2) is 40.5 Å². The maximum Gasteiger partial charge on any atom is 0.194 e. The Kier molecular flexibility index (Phi) is 4.04. The van der Waals surface area contributed by atoms with Crippen molar-refractivity contribution in [3.8, 4) is 5.75 Å². The van der Waals surface area contributed by atoms with E-state index in [1.807, 2.05) is 7.05 Å². The SMILES string of the molecule is CNc1ncnc(Sc2ccc(C)cc2)c1OC. The van der Waals surface area contributed by atoms with Gasteiger partial charge in [0.1, 0.15) is 11.4 Å². The predicted octanol–water partition coefficient (Wildman–Crippen LogP) is 2.99. The Hall–Kier alpha value is -1.75. The van der Waals surface area contributed by atoms with Crippen LogP contribution in [0.5, 0.6) is 5.75 Å². The molecule has 5 heteroatoms. The summed E-state index contributed by atoms with van der Waals surface area (Å²) in [6, 6.07) is 8.30. The van der Waals surface area contributed by atoms with Gasteiger partial charge in [0.2, 0.25) is 0 Å². The van der Waals surface area contributed by atoms with Crippen LogP contribution >= 0.6 is 11.8 Å². The summed E-state index contributed by atoms with van der Waals surface area (Å²) in [4.78, 5) is 9.51. The van der Waals surface area contributed by atoms with E-state index in [1.165, 1.54) is 11.9 Å². The Morgan fingerprint density at radius 1 is 1.17 bits per heavy atom. The first-order valence-corrected chi connectivity index (χ1v) is 6.37. The normalized spacial score (nSPS) is 10.2. The van der Waals surface area contributed by atoms with Crippen LogP contribution in [0, 0.1) is 6.92 Å². The first-order valence-electron chi connectivity index (χ1n) is 5.56. The highest BCUT2D eigenvalue weighted by Gasteiger charge is 2.12. The van der Waals surface area contributed by atoms with E-state index in [4.69, 9.17) is 4.74 Å². The molecule has 18 heavy (non-hydrogen) atoms. The summed E-state index contributed by atoms with van der Waals surface area (Å²) in [7, 11) is 3.43. The quantitative estimate of drug-likeness (QED) is 0.857. The minimum Gasteiger partial charge on any atom is -0.490 e. The number of hydrogen-bond donors (Lipinski definition) is 1. The molecule has 1 aromatic carbocycles. The van der Waals surface area contributed by atoms with Gasteiger partial charge < -0.3 is 10.1 Å². The molecule has 0 fully saturated rings. The van der Waals surface area contributed by atoms with E-state index in [1.54, 1.807) is 18.9 Å². The number of benzene rings is 1. The van der Waals surface area contributed by atoms with Crippen LogP contribution in [0.3, 0.4) is 0 Å². The van der Waals surface area contributed by atoms with Crippen molar-refractivity contribution in [3.05, 3.63) is 36.2 Å². The Labute approximate surface area is 111 Å². The minimum absolute atomic E-state index is 0.672. The number of ether oxygens (including phenoxy) is 1. The van der Waals surface area contributed by atoms with Gasteiger partial charge in [-0.15, -0.1) is 0 Å². The minimum atomic E-state index is 0.672. The zero-order valence-corrected chi connectivity index (χ0v) is 11.4. The second-order valence-corrected chi connectivity index (χ2v) is 4.79. The lowest BCUT2D eigenvalue weighted by atomic mass is 10.2. The van der Waals surface area contributed by atoms with E-state index < -0.39 is 0 Å². The molecule has 0 spiro atoms. The van der Waals surface area contributed by atoms with Crippen LogP contribution in [0.4, 0.5) is 5.82 Å². The molecule has 0 atom stereocenters. The van der Waals surface area contributed by atoms with Gasteiger partial charge in [-0.3, -0.25) is 0 Å². The molecule has 0 aliphatic carbocycles. The third-order valence-electron chi connectivity index (χ3n) is 2.45. The second kappa shape index (κ2) is 5.73. The van der Waals surface area contributed by atoms with Crippen LogP contribution in [0.1, 0.15) is 5.56 Å². The lowest BCUT2D eigenvalue weighted by Gasteiger charge is -2.10. The standard InChI is InChI=1S/C13H15N3OS/c1-9-4-6-10(7-5-9)18-13-11(17-3)12(14-2)15-8-16-13/h4-8H,1-3H3,(H,14,15,16). The Morgan fingerprint density at radius 2 is 1.89 bits per heavy atom. The van der Waals surface area contributed by atoms with Crippen molar-refractivity contribution in [2.75, 3.05) is 19.5 Å². The van der Waals surface area contributed by atoms with Crippen LogP contribution < -0.4 is 10.1 Å². The predicted molar refractivity (Wildman–Crippen MR) is 73.4 cm³/mol. The van der Waals surface area contributed by atoms with Gasteiger partial charge in [0, 0.05) is 11.9 Å². The molecule has 0 radical (unpaired) electrons. The summed E-state index contributed by atoms with van der Waals surface area (Å²) >= 11 is 1.56. The molecule has 94 valence electrons. The highest BCUT2D eigenvalue weighted by molar-refractivity contribution is 7.99. The number of hydrogen-bond acceptors (Lipinski definition) is 5. The molecular formula is C13H15N3OS. The van der Waals surface area contributed by atoms with Gasteiger partial charge in [-0.25, -0.2) is 9.97 Å². The molecule has 0 aliphatic heterocycles. The van der Waals surface area contributed by atoms with Crippen LogP contribution in [-0.2, 0) is 0 Å². The second-order valence-electron chi connectivity index (χ2n) is 3.73. The van der Waals surface area contributed by atoms with E-state index in [-0.39, 0.29) is 0 Å². The van der Waals surface area contributed by atoms with Gasteiger partial charge in [0.05, 0.1) is 7.11 Å². The van der Waals surface area contributed by atoms with Crippen molar-refractivity contribution in [2.45, 2.75) is 16.8 Å². The van der Waals surface area contributed by atoms with Gasteiger partial charge in [0.25, 0.3) is 0 Å². The fourth-order valence-electron chi connectivity index (χ4n) is 1.51. The maximum absolute atomic E-state index is 5.35. The molecule has 1 heterocycles. The summed E-state index contributed by atoms with van der Waals surface area (Å²) in [5.74, 6) is 1.37. The number of aromatic nitrogens is 2. The van der Waals surface area contributed by atoms with E-state index in [0.29, 0.717) is 11.6 Å². The Bertz CT molecular complexity index is 528. The van der Waals surface area contributed by atoms with Crippen molar-refractivity contribution in [2.24, 2.45) is 0 Å². The summed E-state index contributed by atoms with van der Waals surface area (Å²) < 4.78 is 5.35. The summed E-state index contributed by atoms with van der Waals surface area (Å²) in [5.41, 5.74) is 1.24. The largest absolute Gasteiger partial charge is 0.490 e. The molecule has 2 rings (SSSR count). The fourth-order valence-corrected chi connectivity index (χ4v) is 2.38. The van der Waals surface area contributed by atoms with E-state index >= 15 is 0 Å². The molecule has 0 saturated heterocycles. The summed E-state index contributed by atoms with van der Waals surface area (Å²) in [5, 5.41) is 3.80. The molecule has 0 unspecified atom stereocenters. The zero-order chi connectivity index (χ0) is 13.0. The van der Waals surface area contributed by atoms with Crippen molar-refractivity contribution >= 4 is 17.6 Å². The van der Waals surface area contributed by atoms with E-state index in [0.717, 1.165) is 9.92 Å². The van der Waals surface area contributed by atoms with E-state index in [9.17, 15) is 0 Å². The molecule has 4 nitrogen and oxygen atoms in total. The van der Waals surface area contributed by atoms with Crippen LogP contribution in [-0.4, -0.2) is 24.1 Å². The smallest absolute Gasteiger partial charge is 0.194 e. The number of anilines is 1. The Balaban J connectivity index is 2.31. The molecular weight excluding hydrogens is 246 g/mol. The molecule has 1 N–H and O–H groups in total. The topological polar surface area (TPSA) is 47.0 Å². The number of rotatable bonds is 4. The molecule has 0 bridgehead atoms. The Morgan fingerprint density at radius 3 is 2.50 bits per heavy atom. The van der Waals surface area contributed by atoms with E-state index in [2.05, 4.69) is 46.5 Å². The third kappa shape index (κ3) is 2.73. The third-order valence-corrected chi connectivity index (χ3v) is 3.44. The number of nitrogens with one attached hydrogen (secondary N) is 1. The lowest BCUT2D eigenvalue weighted by molar-refractivity contribution is 0.400. The molecule has 0 amide bonds. The number of aryl methyl sites for hydroxylation is 1. The van der Waals surface area contributed by atoms with Crippen molar-refractivity contribution in [1.29, 1.82) is 0 Å². The molecule has 1 aromatic heterocycles. The van der Waals surface area contributed by atoms with Gasteiger partial charge in [-0.05, 0) is 19.1 Å². The first kappa shape index (κ1) is 12.7. The number of nitrogens with zero attached hydrogens (tertiary/aromatic N) is 2. The van der Waals surface area contributed by atoms with Crippen LogP contribution in [0.25, 0.3) is 0 Å².